The zero-order valence-electron chi connectivity index (χ0n) is 12.0. The molecule has 0 fully saturated rings. The second kappa shape index (κ2) is 8.34. The van der Waals surface area contributed by atoms with Crippen LogP contribution in [0.5, 0.6) is 0 Å². The smallest absolute Gasteiger partial charge is 0.252 e. The van der Waals surface area contributed by atoms with E-state index in [0.717, 1.165) is 12.8 Å². The Balaban J connectivity index is 2.86. The molecule has 0 atom stereocenters. The molecule has 0 unspecified atom stereocenters. The number of amides is 1. The molecule has 20 heavy (non-hydrogen) atoms. The third kappa shape index (κ3) is 4.67. The molecular formula is C16H21FN2O. The monoisotopic (exact) mass is 276 g/mol. The van der Waals surface area contributed by atoms with Gasteiger partial charge in [-0.2, -0.15) is 0 Å². The Morgan fingerprint density at radius 3 is 2.70 bits per heavy atom. The van der Waals surface area contributed by atoms with Gasteiger partial charge in [0, 0.05) is 12.1 Å². The van der Waals surface area contributed by atoms with E-state index in [1.165, 1.54) is 18.2 Å². The molecule has 0 aliphatic carbocycles. The first-order chi connectivity index (χ1) is 9.62. The van der Waals surface area contributed by atoms with Gasteiger partial charge in [-0.25, -0.2) is 4.39 Å². The fraction of sp³-hybridized carbons (Fsp3) is 0.438. The number of rotatable bonds is 5. The highest BCUT2D eigenvalue weighted by Crippen LogP contribution is 2.11. The van der Waals surface area contributed by atoms with Crippen LogP contribution in [0.4, 0.5) is 4.39 Å². The lowest BCUT2D eigenvalue weighted by Crippen LogP contribution is -2.29. The van der Waals surface area contributed by atoms with Gasteiger partial charge in [-0.3, -0.25) is 4.79 Å². The Hall–Kier alpha value is -1.86. The van der Waals surface area contributed by atoms with Crippen LogP contribution in [0.3, 0.4) is 0 Å². The van der Waals surface area contributed by atoms with Crippen LogP contribution in [0, 0.1) is 23.6 Å². The van der Waals surface area contributed by atoms with Crippen molar-refractivity contribution in [1.29, 1.82) is 0 Å². The molecule has 0 radical (unpaired) electrons. The number of hydrogen-bond acceptors (Lipinski definition) is 2. The summed E-state index contributed by atoms with van der Waals surface area (Å²) in [6.07, 6.45) is 2.03. The molecule has 0 aliphatic heterocycles. The van der Waals surface area contributed by atoms with E-state index in [9.17, 15) is 9.18 Å². The molecule has 3 N–H and O–H groups in total. The van der Waals surface area contributed by atoms with E-state index in [2.05, 4.69) is 31.0 Å². The van der Waals surface area contributed by atoms with Crippen molar-refractivity contribution in [3.8, 4) is 11.8 Å². The first kappa shape index (κ1) is 16.2. The number of nitrogens with one attached hydrogen (secondary N) is 1. The minimum Gasteiger partial charge on any atom is -0.352 e. The number of halogens is 1. The molecule has 0 aromatic heterocycles. The molecule has 0 saturated heterocycles. The Kier molecular flexibility index (Phi) is 6.75. The maximum atomic E-state index is 13.2. The van der Waals surface area contributed by atoms with Crippen LogP contribution in [0.25, 0.3) is 0 Å². The molecular weight excluding hydrogens is 255 g/mol. The average Bonchev–Trinajstić information content (AvgIpc) is 2.46. The molecule has 1 aromatic rings. The normalized spacial score (nSPS) is 10.1. The largest absolute Gasteiger partial charge is 0.352 e. The molecule has 1 amide bonds. The minimum atomic E-state index is -0.414. The topological polar surface area (TPSA) is 55.1 Å². The zero-order chi connectivity index (χ0) is 15.0. The van der Waals surface area contributed by atoms with E-state index < -0.39 is 5.82 Å². The van der Waals surface area contributed by atoms with E-state index >= 15 is 0 Å². The van der Waals surface area contributed by atoms with Crippen molar-refractivity contribution in [2.75, 3.05) is 13.1 Å². The van der Waals surface area contributed by atoms with Crippen LogP contribution < -0.4 is 11.1 Å². The molecule has 108 valence electrons. The highest BCUT2D eigenvalue weighted by Gasteiger charge is 2.12. The quantitative estimate of drug-likeness (QED) is 0.811. The van der Waals surface area contributed by atoms with Gasteiger partial charge < -0.3 is 11.1 Å². The van der Waals surface area contributed by atoms with Crippen LogP contribution in [-0.2, 0) is 0 Å². The van der Waals surface area contributed by atoms with Crippen molar-refractivity contribution < 1.29 is 9.18 Å². The summed E-state index contributed by atoms with van der Waals surface area (Å²) in [6.45, 7) is 4.98. The second-order valence-corrected chi connectivity index (χ2v) is 4.59. The summed E-state index contributed by atoms with van der Waals surface area (Å²) in [5.41, 5.74) is 6.07. The highest BCUT2D eigenvalue weighted by molar-refractivity contribution is 5.96. The maximum absolute atomic E-state index is 13.2. The summed E-state index contributed by atoms with van der Waals surface area (Å²) in [6, 6.07) is 3.98. The first-order valence-corrected chi connectivity index (χ1v) is 6.89. The van der Waals surface area contributed by atoms with E-state index in [4.69, 9.17) is 5.73 Å². The van der Waals surface area contributed by atoms with Crippen molar-refractivity contribution in [3.05, 3.63) is 35.1 Å². The summed E-state index contributed by atoms with van der Waals surface area (Å²) < 4.78 is 13.2. The average molecular weight is 276 g/mol. The third-order valence-corrected chi connectivity index (χ3v) is 3.26. The molecule has 0 saturated carbocycles. The van der Waals surface area contributed by atoms with Gasteiger partial charge in [0.1, 0.15) is 5.82 Å². The first-order valence-electron chi connectivity index (χ1n) is 6.89. The molecule has 3 nitrogen and oxygen atoms in total. The summed E-state index contributed by atoms with van der Waals surface area (Å²) in [4.78, 5) is 12.1. The van der Waals surface area contributed by atoms with Crippen LogP contribution >= 0.6 is 0 Å². The Morgan fingerprint density at radius 2 is 2.10 bits per heavy atom. The third-order valence-electron chi connectivity index (χ3n) is 3.26. The van der Waals surface area contributed by atoms with Gasteiger partial charge in [-0.05, 0) is 24.1 Å². The number of nitrogens with two attached hydrogens (primary N) is 1. The predicted octanol–water partition coefficient (Wildman–Crippen LogP) is 2.30. The van der Waals surface area contributed by atoms with Gasteiger partial charge in [0.25, 0.3) is 5.91 Å². The SMILES string of the molecule is CCC(CC)CNC(=O)c1ccc(F)cc1C#CCN. The summed E-state index contributed by atoms with van der Waals surface area (Å²) in [5, 5.41) is 2.88. The Bertz CT molecular complexity index is 513. The molecule has 1 rings (SSSR count). The van der Waals surface area contributed by atoms with Gasteiger partial charge in [0.05, 0.1) is 12.1 Å². The van der Waals surface area contributed by atoms with Crippen LogP contribution in [-0.4, -0.2) is 19.0 Å². The van der Waals surface area contributed by atoms with Gasteiger partial charge in [-0.1, -0.05) is 38.5 Å². The number of hydrogen-bond donors (Lipinski definition) is 2. The van der Waals surface area contributed by atoms with Gasteiger partial charge in [0.15, 0.2) is 0 Å². The van der Waals surface area contributed by atoms with E-state index in [-0.39, 0.29) is 12.5 Å². The van der Waals surface area contributed by atoms with E-state index in [1.807, 2.05) is 0 Å². The number of benzene rings is 1. The molecule has 0 spiro atoms. The molecule has 0 heterocycles. The van der Waals surface area contributed by atoms with E-state index in [1.54, 1.807) is 0 Å². The van der Waals surface area contributed by atoms with Crippen molar-refractivity contribution in [2.24, 2.45) is 11.7 Å². The Labute approximate surface area is 119 Å². The summed E-state index contributed by atoms with van der Waals surface area (Å²) in [7, 11) is 0. The second-order valence-electron chi connectivity index (χ2n) is 4.59. The molecule has 0 aliphatic rings. The fourth-order valence-electron chi connectivity index (χ4n) is 1.87. The van der Waals surface area contributed by atoms with E-state index in [0.29, 0.717) is 23.6 Å². The van der Waals surface area contributed by atoms with Crippen molar-refractivity contribution in [2.45, 2.75) is 26.7 Å². The molecule has 1 aromatic carbocycles. The Morgan fingerprint density at radius 1 is 1.40 bits per heavy atom. The minimum absolute atomic E-state index is 0.172. The lowest BCUT2D eigenvalue weighted by Gasteiger charge is -2.13. The molecule has 4 heteroatoms. The summed E-state index contributed by atoms with van der Waals surface area (Å²) >= 11 is 0. The lowest BCUT2D eigenvalue weighted by molar-refractivity contribution is 0.0946. The standard InChI is InChI=1S/C16H21FN2O/c1-3-12(4-2)11-19-16(20)15-8-7-14(17)10-13(15)6-5-9-18/h7-8,10,12H,3-4,9,11,18H2,1-2H3,(H,19,20). The van der Waals surface area contributed by atoms with Crippen LogP contribution in [0.15, 0.2) is 18.2 Å². The zero-order valence-corrected chi connectivity index (χ0v) is 12.0. The number of carbonyl (C=O) groups excluding carboxylic acids is 1. The number of carbonyl (C=O) groups is 1. The van der Waals surface area contributed by atoms with Gasteiger partial charge >= 0.3 is 0 Å². The maximum Gasteiger partial charge on any atom is 0.252 e. The summed E-state index contributed by atoms with van der Waals surface area (Å²) in [5.74, 6) is 5.20. The lowest BCUT2D eigenvalue weighted by atomic mass is 10.0. The van der Waals surface area contributed by atoms with Crippen molar-refractivity contribution in [1.82, 2.24) is 5.32 Å². The predicted molar refractivity (Wildman–Crippen MR) is 78.7 cm³/mol. The van der Waals surface area contributed by atoms with Gasteiger partial charge in [-0.15, -0.1) is 0 Å². The fourth-order valence-corrected chi connectivity index (χ4v) is 1.87. The molecule has 0 bridgehead atoms. The van der Waals surface area contributed by atoms with Crippen LogP contribution in [0.2, 0.25) is 0 Å². The van der Waals surface area contributed by atoms with Crippen LogP contribution in [0.1, 0.15) is 42.6 Å². The van der Waals surface area contributed by atoms with Gasteiger partial charge in [0.2, 0.25) is 0 Å². The highest BCUT2D eigenvalue weighted by atomic mass is 19.1. The van der Waals surface area contributed by atoms with Crippen molar-refractivity contribution in [3.63, 3.8) is 0 Å². The van der Waals surface area contributed by atoms with Crippen molar-refractivity contribution >= 4 is 5.91 Å².